The molecule has 0 aliphatic rings. The van der Waals surface area contributed by atoms with Gasteiger partial charge in [-0.2, -0.15) is 0 Å². The van der Waals surface area contributed by atoms with Crippen molar-refractivity contribution in [1.82, 2.24) is 15.0 Å². The molecular weight excluding hydrogens is 324 g/mol. The zero-order valence-electron chi connectivity index (χ0n) is 14.5. The highest BCUT2D eigenvalue weighted by molar-refractivity contribution is 5.82. The first kappa shape index (κ1) is 16.3. The molecule has 0 aliphatic carbocycles. The fraction of sp³-hybridized carbons (Fsp3) is 0.143. The first-order chi connectivity index (χ1) is 12.7. The number of nitrogens with zero attached hydrogens (tertiary/aromatic N) is 2. The lowest BCUT2D eigenvalue weighted by Crippen LogP contribution is -2.14. The van der Waals surface area contributed by atoms with Gasteiger partial charge in [-0.25, -0.2) is 4.98 Å². The van der Waals surface area contributed by atoms with Gasteiger partial charge in [0.15, 0.2) is 0 Å². The van der Waals surface area contributed by atoms with Gasteiger partial charge >= 0.3 is 0 Å². The quantitative estimate of drug-likeness (QED) is 0.576. The molecule has 130 valence electrons. The van der Waals surface area contributed by atoms with Crippen LogP contribution in [0.3, 0.4) is 0 Å². The first-order valence-electron chi connectivity index (χ1n) is 8.51. The van der Waals surface area contributed by atoms with E-state index in [1.165, 1.54) is 0 Å². The van der Waals surface area contributed by atoms with Crippen molar-refractivity contribution in [2.45, 2.75) is 12.5 Å². The zero-order chi connectivity index (χ0) is 17.9. The highest BCUT2D eigenvalue weighted by Crippen LogP contribution is 2.25. The maximum Gasteiger partial charge on any atom is 0.124 e. The molecule has 0 bridgehead atoms. The van der Waals surface area contributed by atoms with Crippen molar-refractivity contribution >= 4 is 11.0 Å². The van der Waals surface area contributed by atoms with Crippen LogP contribution in [0.1, 0.15) is 17.4 Å². The van der Waals surface area contributed by atoms with E-state index < -0.39 is 0 Å². The topological polar surface area (TPSA) is 76.8 Å². The largest absolute Gasteiger partial charge is 0.497 e. The molecule has 0 saturated carbocycles. The molecule has 4 rings (SSSR count). The van der Waals surface area contributed by atoms with Crippen molar-refractivity contribution in [2.24, 2.45) is 5.73 Å². The van der Waals surface area contributed by atoms with Crippen molar-refractivity contribution in [3.63, 3.8) is 0 Å². The highest BCUT2D eigenvalue weighted by Gasteiger charge is 2.13. The summed E-state index contributed by atoms with van der Waals surface area (Å²) in [4.78, 5) is 12.1. The van der Waals surface area contributed by atoms with E-state index in [0.29, 0.717) is 6.42 Å². The lowest BCUT2D eigenvalue weighted by Gasteiger charge is -2.09. The van der Waals surface area contributed by atoms with Crippen LogP contribution in [0.2, 0.25) is 0 Å². The van der Waals surface area contributed by atoms with Crippen LogP contribution in [0.25, 0.3) is 22.2 Å². The molecule has 0 radical (unpaired) electrons. The maximum absolute atomic E-state index is 6.38. The zero-order valence-corrected chi connectivity index (χ0v) is 14.5. The van der Waals surface area contributed by atoms with Crippen LogP contribution in [0.5, 0.6) is 5.75 Å². The summed E-state index contributed by atoms with van der Waals surface area (Å²) < 4.78 is 5.19. The van der Waals surface area contributed by atoms with E-state index in [9.17, 15) is 0 Å². The lowest BCUT2D eigenvalue weighted by molar-refractivity contribution is 0.414. The van der Waals surface area contributed by atoms with Crippen LogP contribution in [0.4, 0.5) is 0 Å². The summed E-state index contributed by atoms with van der Waals surface area (Å²) in [5.74, 6) is 1.64. The molecule has 0 saturated heterocycles. The molecule has 5 nitrogen and oxygen atoms in total. The molecule has 0 spiro atoms. The monoisotopic (exact) mass is 344 g/mol. The standard InChI is InChI=1S/C21H20N4O/c1-26-17-5-2-14(3-6-17)12-18(22)21-24-19-7-4-16(13-20(19)25-21)15-8-10-23-11-9-15/h2-11,13,18H,12,22H2,1H3,(H,24,25). The normalized spacial score (nSPS) is 12.2. The number of H-pyrrole nitrogens is 1. The molecule has 4 aromatic rings. The third-order valence-corrected chi connectivity index (χ3v) is 4.48. The Morgan fingerprint density at radius 3 is 2.50 bits per heavy atom. The average Bonchev–Trinajstić information content (AvgIpc) is 3.13. The van der Waals surface area contributed by atoms with Gasteiger partial charge in [0.05, 0.1) is 24.2 Å². The molecule has 2 heterocycles. The number of hydrogen-bond acceptors (Lipinski definition) is 4. The number of aromatic amines is 1. The molecule has 0 amide bonds. The van der Waals surface area contributed by atoms with E-state index in [1.54, 1.807) is 19.5 Å². The van der Waals surface area contributed by atoms with Crippen LogP contribution in [-0.2, 0) is 6.42 Å². The van der Waals surface area contributed by atoms with E-state index in [-0.39, 0.29) is 6.04 Å². The number of aromatic nitrogens is 3. The minimum atomic E-state index is -0.194. The molecule has 26 heavy (non-hydrogen) atoms. The van der Waals surface area contributed by atoms with Gasteiger partial charge in [0.2, 0.25) is 0 Å². The first-order valence-corrected chi connectivity index (χ1v) is 8.51. The summed E-state index contributed by atoms with van der Waals surface area (Å²) in [5, 5.41) is 0. The molecule has 1 unspecified atom stereocenters. The molecular formula is C21H20N4O. The Balaban J connectivity index is 1.58. The minimum Gasteiger partial charge on any atom is -0.497 e. The Bertz CT molecular complexity index is 1010. The summed E-state index contributed by atoms with van der Waals surface area (Å²) in [6.07, 6.45) is 4.30. The van der Waals surface area contributed by atoms with Crippen molar-refractivity contribution in [3.8, 4) is 16.9 Å². The van der Waals surface area contributed by atoms with Gasteiger partial charge in [0.1, 0.15) is 11.6 Å². The Hall–Kier alpha value is -3.18. The van der Waals surface area contributed by atoms with E-state index >= 15 is 0 Å². The summed E-state index contributed by atoms with van der Waals surface area (Å²) in [7, 11) is 1.66. The summed E-state index contributed by atoms with van der Waals surface area (Å²) in [5.41, 5.74) is 11.7. The summed E-state index contributed by atoms with van der Waals surface area (Å²) in [6, 6.07) is 17.9. The number of hydrogen-bond donors (Lipinski definition) is 2. The Morgan fingerprint density at radius 2 is 1.77 bits per heavy atom. The summed E-state index contributed by atoms with van der Waals surface area (Å²) in [6.45, 7) is 0. The van der Waals surface area contributed by atoms with Crippen LogP contribution in [-0.4, -0.2) is 22.1 Å². The highest BCUT2D eigenvalue weighted by atomic mass is 16.5. The van der Waals surface area contributed by atoms with Gasteiger partial charge in [-0.05, 0) is 59.5 Å². The van der Waals surface area contributed by atoms with E-state index in [4.69, 9.17) is 10.5 Å². The maximum atomic E-state index is 6.38. The second-order valence-corrected chi connectivity index (χ2v) is 6.25. The number of benzene rings is 2. The van der Waals surface area contributed by atoms with Crippen molar-refractivity contribution < 1.29 is 4.74 Å². The third kappa shape index (κ3) is 3.30. The van der Waals surface area contributed by atoms with E-state index in [0.717, 1.165) is 39.3 Å². The summed E-state index contributed by atoms with van der Waals surface area (Å²) >= 11 is 0. The van der Waals surface area contributed by atoms with E-state index in [2.05, 4.69) is 27.1 Å². The lowest BCUT2D eigenvalue weighted by atomic mass is 10.1. The average molecular weight is 344 g/mol. The number of nitrogens with one attached hydrogen (secondary N) is 1. The van der Waals surface area contributed by atoms with Crippen molar-refractivity contribution in [1.29, 1.82) is 0 Å². The molecule has 0 fully saturated rings. The molecule has 0 aliphatic heterocycles. The number of methoxy groups -OCH3 is 1. The fourth-order valence-corrected chi connectivity index (χ4v) is 3.04. The van der Waals surface area contributed by atoms with Gasteiger partial charge in [0, 0.05) is 12.4 Å². The van der Waals surface area contributed by atoms with Gasteiger partial charge in [-0.15, -0.1) is 0 Å². The number of fused-ring (bicyclic) bond motifs is 1. The van der Waals surface area contributed by atoms with Gasteiger partial charge in [0.25, 0.3) is 0 Å². The molecule has 2 aromatic carbocycles. The number of ether oxygens (including phenoxy) is 1. The SMILES string of the molecule is COc1ccc(CC(N)c2nc3ccc(-c4ccncc4)cc3[nH]2)cc1. The Labute approximate surface area is 151 Å². The Kier molecular flexibility index (Phi) is 4.37. The second-order valence-electron chi connectivity index (χ2n) is 6.25. The second kappa shape index (κ2) is 6.98. The Morgan fingerprint density at radius 1 is 1.00 bits per heavy atom. The van der Waals surface area contributed by atoms with Crippen LogP contribution >= 0.6 is 0 Å². The van der Waals surface area contributed by atoms with E-state index in [1.807, 2.05) is 42.5 Å². The molecule has 1 atom stereocenters. The number of nitrogens with two attached hydrogens (primary N) is 1. The predicted molar refractivity (Wildman–Crippen MR) is 103 cm³/mol. The third-order valence-electron chi connectivity index (χ3n) is 4.48. The molecule has 5 heteroatoms. The number of rotatable bonds is 5. The predicted octanol–water partition coefficient (Wildman–Crippen LogP) is 3.88. The number of imidazole rings is 1. The van der Waals surface area contributed by atoms with Crippen LogP contribution in [0, 0.1) is 0 Å². The van der Waals surface area contributed by atoms with Crippen molar-refractivity contribution in [2.75, 3.05) is 7.11 Å². The number of pyridine rings is 1. The van der Waals surface area contributed by atoms with Crippen molar-refractivity contribution in [3.05, 3.63) is 78.4 Å². The fourth-order valence-electron chi connectivity index (χ4n) is 3.04. The van der Waals surface area contributed by atoms with Gasteiger partial charge in [-0.3, -0.25) is 4.98 Å². The van der Waals surface area contributed by atoms with Gasteiger partial charge in [-0.1, -0.05) is 18.2 Å². The van der Waals surface area contributed by atoms with Crippen LogP contribution < -0.4 is 10.5 Å². The molecule has 2 aromatic heterocycles. The van der Waals surface area contributed by atoms with Gasteiger partial charge < -0.3 is 15.5 Å². The molecule has 3 N–H and O–H groups in total. The smallest absolute Gasteiger partial charge is 0.124 e. The minimum absolute atomic E-state index is 0.194. The van der Waals surface area contributed by atoms with Crippen LogP contribution in [0.15, 0.2) is 67.0 Å².